The third-order valence-corrected chi connectivity index (χ3v) is 13.5. The highest BCUT2D eigenvalue weighted by atomic mass is 16.6. The third kappa shape index (κ3) is 17.8. The highest BCUT2D eigenvalue weighted by molar-refractivity contribution is 5.90. The summed E-state index contributed by atoms with van der Waals surface area (Å²) in [4.78, 5) is 87.8. The molecule has 1 fully saturated rings. The number of anilines is 1. The minimum atomic E-state index is -0.782. The number of ether oxygens (including phenoxy) is 3. The van der Waals surface area contributed by atoms with E-state index in [0.29, 0.717) is 25.1 Å². The number of benzene rings is 2. The van der Waals surface area contributed by atoms with Crippen LogP contribution in [0.5, 0.6) is 0 Å². The predicted octanol–water partition coefficient (Wildman–Crippen LogP) is 7.51. The molecule has 9 atom stereocenters. The van der Waals surface area contributed by atoms with Crippen molar-refractivity contribution in [1.29, 1.82) is 0 Å². The van der Waals surface area contributed by atoms with Crippen molar-refractivity contribution in [2.45, 2.75) is 163 Å². The SMILES string of the molecule is CC[C@H](C)[C@@H]([C@@H](CC(=O)N1CCC[C@H]1[C@H](OC)[C@@H](C)C(=O)C[C@@H](CC(=O)NCc1ccc(NC(=O)OC(C)(C)C)cc1)Cc1ccccc1)OC)N(C)C(=O)[C@@H](NC(=O)[C@H](C(C)C)N(C)C)C(C)C. The number of methoxy groups -OCH3 is 2. The normalized spacial score (nSPS) is 17.6. The number of hydrogen-bond donors (Lipinski definition) is 3. The summed E-state index contributed by atoms with van der Waals surface area (Å²) < 4.78 is 17.5. The van der Waals surface area contributed by atoms with Gasteiger partial charge >= 0.3 is 6.09 Å². The number of likely N-dealkylation sites (N-methyl/N-ethyl adjacent to an activating group) is 2. The van der Waals surface area contributed by atoms with Gasteiger partial charge in [0.05, 0.1) is 36.8 Å². The van der Waals surface area contributed by atoms with Gasteiger partial charge in [0.2, 0.25) is 23.6 Å². The molecule has 2 aromatic carbocycles. The molecule has 15 nitrogen and oxygen atoms in total. The number of carbonyl (C=O) groups is 6. The molecule has 386 valence electrons. The van der Waals surface area contributed by atoms with Gasteiger partial charge in [-0.2, -0.15) is 0 Å². The van der Waals surface area contributed by atoms with E-state index in [1.807, 2.05) is 115 Å². The van der Waals surface area contributed by atoms with Gasteiger partial charge in [-0.1, -0.05) is 97.4 Å². The minimum Gasteiger partial charge on any atom is -0.444 e. The number of likely N-dealkylation sites (tertiary alicyclic amines) is 1. The second-order valence-electron chi connectivity index (χ2n) is 21.0. The quantitative estimate of drug-likeness (QED) is 0.0856. The van der Waals surface area contributed by atoms with Crippen LogP contribution in [0.15, 0.2) is 54.6 Å². The fourth-order valence-electron chi connectivity index (χ4n) is 9.74. The van der Waals surface area contributed by atoms with E-state index >= 15 is 0 Å². The molecule has 5 amide bonds. The van der Waals surface area contributed by atoms with Crippen LogP contribution in [0, 0.1) is 29.6 Å². The predicted molar refractivity (Wildman–Crippen MR) is 271 cm³/mol. The Morgan fingerprint density at radius 2 is 1.45 bits per heavy atom. The molecule has 1 aliphatic heterocycles. The Bertz CT molecular complexity index is 1940. The zero-order chi connectivity index (χ0) is 51.7. The lowest BCUT2D eigenvalue weighted by Gasteiger charge is -2.41. The van der Waals surface area contributed by atoms with Gasteiger partial charge in [-0.05, 0) is 101 Å². The summed E-state index contributed by atoms with van der Waals surface area (Å²) in [7, 11) is 8.59. The second-order valence-corrected chi connectivity index (χ2v) is 21.0. The van der Waals surface area contributed by atoms with Crippen molar-refractivity contribution >= 4 is 41.2 Å². The van der Waals surface area contributed by atoms with Crippen LogP contribution in [0.4, 0.5) is 10.5 Å². The van der Waals surface area contributed by atoms with E-state index in [2.05, 4.69) is 16.0 Å². The van der Waals surface area contributed by atoms with Crippen LogP contribution in [0.3, 0.4) is 0 Å². The van der Waals surface area contributed by atoms with Crippen molar-refractivity contribution in [3.8, 4) is 0 Å². The number of nitrogens with one attached hydrogen (secondary N) is 3. The van der Waals surface area contributed by atoms with E-state index in [0.717, 1.165) is 24.0 Å². The Labute approximate surface area is 413 Å². The monoisotopic (exact) mass is 963 g/mol. The number of amides is 5. The van der Waals surface area contributed by atoms with Crippen LogP contribution in [-0.2, 0) is 51.1 Å². The van der Waals surface area contributed by atoms with Gasteiger partial charge in [0, 0.05) is 58.8 Å². The molecule has 1 saturated heterocycles. The molecule has 1 aliphatic rings. The molecule has 15 heteroatoms. The number of nitrogens with zero attached hydrogens (tertiary/aromatic N) is 3. The van der Waals surface area contributed by atoms with Crippen LogP contribution < -0.4 is 16.0 Å². The molecular formula is C54H86N6O9. The Hall–Kier alpha value is -4.86. The fraction of sp³-hybridized carbons (Fsp3) is 0.667. The van der Waals surface area contributed by atoms with Crippen molar-refractivity contribution < 1.29 is 43.0 Å². The first-order valence-electron chi connectivity index (χ1n) is 24.9. The molecule has 3 N–H and O–H groups in total. The lowest BCUT2D eigenvalue weighted by Crippen LogP contribution is -2.59. The topological polar surface area (TPSA) is 176 Å². The first-order chi connectivity index (χ1) is 32.4. The molecule has 2 aromatic rings. The third-order valence-electron chi connectivity index (χ3n) is 13.5. The molecule has 69 heavy (non-hydrogen) atoms. The maximum absolute atomic E-state index is 14.5. The smallest absolute Gasteiger partial charge is 0.412 e. The summed E-state index contributed by atoms with van der Waals surface area (Å²) in [6.45, 7) is 19.9. The van der Waals surface area contributed by atoms with E-state index < -0.39 is 47.9 Å². The first-order valence-corrected chi connectivity index (χ1v) is 24.9. The van der Waals surface area contributed by atoms with Crippen molar-refractivity contribution in [3.05, 3.63) is 65.7 Å². The van der Waals surface area contributed by atoms with E-state index in [4.69, 9.17) is 14.2 Å². The van der Waals surface area contributed by atoms with Crippen LogP contribution >= 0.6 is 0 Å². The van der Waals surface area contributed by atoms with Gasteiger partial charge < -0.3 is 34.6 Å². The van der Waals surface area contributed by atoms with Crippen LogP contribution in [0.25, 0.3) is 0 Å². The van der Waals surface area contributed by atoms with Crippen molar-refractivity contribution in [1.82, 2.24) is 25.3 Å². The number of Topliss-reactive ketones (excluding diaryl/α,β-unsaturated/α-hetero) is 1. The Balaban J connectivity index is 1.75. The van der Waals surface area contributed by atoms with E-state index in [1.54, 1.807) is 59.1 Å². The highest BCUT2D eigenvalue weighted by Crippen LogP contribution is 2.31. The standard InChI is InChI=1S/C54H86N6O9/c1-16-36(6)49(59(13)52(65)47(34(2)3)57-51(64)48(35(4)5)58(11)12)44(67-14)32-46(63)60-28-20-23-42(60)50(68-15)37(7)43(61)30-40(29-38-21-18-17-19-22-38)31-45(62)55-33-39-24-26-41(27-25-39)56-53(66)69-54(8,9)10/h17-19,21-22,24-27,34-37,40,42,44,47-50H,16,20,23,28-33H2,1-15H3,(H,55,62)(H,56,66)(H,57,64)/t36-,37-,40-,42-,44+,47-,48-,49-,50+/m0/s1. The second kappa shape index (κ2) is 27.5. The zero-order valence-corrected chi connectivity index (χ0v) is 44.4. The number of carbonyl (C=O) groups excluding carboxylic acids is 6. The largest absolute Gasteiger partial charge is 0.444 e. The maximum Gasteiger partial charge on any atom is 0.412 e. The fourth-order valence-corrected chi connectivity index (χ4v) is 9.74. The summed E-state index contributed by atoms with van der Waals surface area (Å²) in [6, 6.07) is 14.9. The van der Waals surface area contributed by atoms with Gasteiger partial charge in [0.25, 0.3) is 0 Å². The van der Waals surface area contributed by atoms with Gasteiger partial charge in [0.1, 0.15) is 17.4 Å². The minimum absolute atomic E-state index is 0.00845. The van der Waals surface area contributed by atoms with Crippen molar-refractivity contribution in [3.63, 3.8) is 0 Å². The van der Waals surface area contributed by atoms with E-state index in [-0.39, 0.29) is 84.9 Å². The molecule has 3 rings (SSSR count). The molecule has 0 unspecified atom stereocenters. The van der Waals surface area contributed by atoms with Gasteiger partial charge in [-0.3, -0.25) is 34.2 Å². The van der Waals surface area contributed by atoms with E-state index in [9.17, 15) is 28.8 Å². The lowest BCUT2D eigenvalue weighted by atomic mass is 9.84. The molecule has 0 bridgehead atoms. The number of rotatable bonds is 26. The van der Waals surface area contributed by atoms with Crippen LogP contribution in [0.2, 0.25) is 0 Å². The Kier molecular flexibility index (Phi) is 23.3. The summed E-state index contributed by atoms with van der Waals surface area (Å²) in [5, 5.41) is 8.77. The van der Waals surface area contributed by atoms with Gasteiger partial charge in [0.15, 0.2) is 0 Å². The highest BCUT2D eigenvalue weighted by Gasteiger charge is 2.43. The Morgan fingerprint density at radius 1 is 0.812 bits per heavy atom. The summed E-state index contributed by atoms with van der Waals surface area (Å²) in [5.41, 5.74) is 1.80. The summed E-state index contributed by atoms with van der Waals surface area (Å²) in [5.74, 6) is -1.92. The van der Waals surface area contributed by atoms with Crippen LogP contribution in [-0.4, -0.2) is 134 Å². The molecule has 1 heterocycles. The average Bonchev–Trinajstić information content (AvgIpc) is 3.76. The van der Waals surface area contributed by atoms with Gasteiger partial charge in [-0.25, -0.2) is 4.79 Å². The Morgan fingerprint density at radius 3 is 1.99 bits per heavy atom. The average molecular weight is 963 g/mol. The summed E-state index contributed by atoms with van der Waals surface area (Å²) in [6.07, 6.45) is 1.12. The van der Waals surface area contributed by atoms with Gasteiger partial charge in [-0.15, -0.1) is 0 Å². The maximum atomic E-state index is 14.5. The summed E-state index contributed by atoms with van der Waals surface area (Å²) >= 11 is 0. The van der Waals surface area contributed by atoms with Crippen LogP contribution in [0.1, 0.15) is 119 Å². The first kappa shape index (κ1) is 58.5. The molecule has 0 radical (unpaired) electrons. The lowest BCUT2D eigenvalue weighted by molar-refractivity contribution is -0.148. The molecule has 0 saturated carbocycles. The van der Waals surface area contributed by atoms with E-state index in [1.165, 1.54) is 0 Å². The number of hydrogen-bond acceptors (Lipinski definition) is 10. The number of ketones is 1. The molecule has 0 aromatic heterocycles. The zero-order valence-electron chi connectivity index (χ0n) is 44.4. The molecular weight excluding hydrogens is 877 g/mol. The van der Waals surface area contributed by atoms with Crippen molar-refractivity contribution in [2.75, 3.05) is 47.2 Å². The molecule has 0 aliphatic carbocycles. The van der Waals surface area contributed by atoms with Crippen molar-refractivity contribution in [2.24, 2.45) is 29.6 Å². The molecule has 0 spiro atoms.